The Balaban J connectivity index is 2.11. The summed E-state index contributed by atoms with van der Waals surface area (Å²) in [5.41, 5.74) is 8.29. The van der Waals surface area contributed by atoms with E-state index >= 15 is 0 Å². The number of aromatic nitrogens is 1. The first-order valence-electron chi connectivity index (χ1n) is 5.63. The second kappa shape index (κ2) is 4.37. The van der Waals surface area contributed by atoms with Gasteiger partial charge in [-0.25, -0.2) is 9.78 Å². The summed E-state index contributed by atoms with van der Waals surface area (Å²) in [5, 5.41) is 9.82. The Morgan fingerprint density at radius 3 is 2.58 bits per heavy atom. The van der Waals surface area contributed by atoms with E-state index in [1.807, 2.05) is 24.3 Å². The number of hydrogen-bond donors (Lipinski definition) is 2. The van der Waals surface area contributed by atoms with E-state index in [1.165, 1.54) is 11.3 Å². The molecule has 0 radical (unpaired) electrons. The number of rotatable bonds is 2. The third kappa shape index (κ3) is 2.15. The van der Waals surface area contributed by atoms with Gasteiger partial charge >= 0.3 is 5.97 Å². The highest BCUT2D eigenvalue weighted by Crippen LogP contribution is 2.30. The van der Waals surface area contributed by atoms with Crippen LogP contribution in [0, 0.1) is 0 Å². The van der Waals surface area contributed by atoms with Crippen molar-refractivity contribution in [2.45, 2.75) is 0 Å². The number of benzene rings is 2. The third-order valence-corrected chi connectivity index (χ3v) is 3.88. The van der Waals surface area contributed by atoms with Crippen LogP contribution in [0.2, 0.25) is 0 Å². The maximum absolute atomic E-state index is 10.9. The molecule has 0 aliphatic heterocycles. The minimum absolute atomic E-state index is 0.252. The first-order valence-corrected chi connectivity index (χ1v) is 6.45. The molecule has 0 fully saturated rings. The smallest absolute Gasteiger partial charge is 0.335 e. The molecule has 0 amide bonds. The summed E-state index contributed by atoms with van der Waals surface area (Å²) < 4.78 is 0.969. The van der Waals surface area contributed by atoms with Crippen LogP contribution in [0.15, 0.2) is 42.5 Å². The predicted molar refractivity (Wildman–Crippen MR) is 76.4 cm³/mol. The maximum atomic E-state index is 10.9. The SMILES string of the molecule is Nc1ccc(-c2nc3cc(C(=O)O)ccc3s2)cc1. The van der Waals surface area contributed by atoms with Crippen LogP contribution in [-0.4, -0.2) is 16.1 Å². The topological polar surface area (TPSA) is 76.2 Å². The minimum atomic E-state index is -0.941. The lowest BCUT2D eigenvalue weighted by molar-refractivity contribution is 0.0697. The van der Waals surface area contributed by atoms with Gasteiger partial charge in [-0.2, -0.15) is 0 Å². The molecule has 3 aromatic rings. The summed E-state index contributed by atoms with van der Waals surface area (Å²) in [4.78, 5) is 15.4. The van der Waals surface area contributed by atoms with E-state index in [0.29, 0.717) is 11.2 Å². The number of anilines is 1. The van der Waals surface area contributed by atoms with Crippen molar-refractivity contribution < 1.29 is 9.90 Å². The van der Waals surface area contributed by atoms with Crippen molar-refractivity contribution in [1.29, 1.82) is 0 Å². The first-order chi connectivity index (χ1) is 9.13. The zero-order valence-corrected chi connectivity index (χ0v) is 10.6. The van der Waals surface area contributed by atoms with Gasteiger partial charge in [0, 0.05) is 11.3 Å². The summed E-state index contributed by atoms with van der Waals surface area (Å²) in [6.07, 6.45) is 0. The van der Waals surface area contributed by atoms with Crippen molar-refractivity contribution in [1.82, 2.24) is 4.98 Å². The molecular formula is C14H10N2O2S. The fraction of sp³-hybridized carbons (Fsp3) is 0. The summed E-state index contributed by atoms with van der Waals surface area (Å²) in [6.45, 7) is 0. The summed E-state index contributed by atoms with van der Waals surface area (Å²) in [5.74, 6) is -0.941. The highest BCUT2D eigenvalue weighted by molar-refractivity contribution is 7.21. The fourth-order valence-corrected chi connectivity index (χ4v) is 2.76. The number of carboxylic acids is 1. The molecule has 2 aromatic carbocycles. The molecule has 5 heteroatoms. The molecule has 0 saturated carbocycles. The van der Waals surface area contributed by atoms with E-state index in [4.69, 9.17) is 10.8 Å². The van der Waals surface area contributed by atoms with Crippen molar-refractivity contribution in [3.05, 3.63) is 48.0 Å². The summed E-state index contributed by atoms with van der Waals surface area (Å²) >= 11 is 1.53. The number of nitrogens with two attached hydrogens (primary N) is 1. The Bertz CT molecular complexity index is 763. The Morgan fingerprint density at radius 1 is 1.16 bits per heavy atom. The lowest BCUT2D eigenvalue weighted by atomic mass is 10.2. The van der Waals surface area contributed by atoms with E-state index in [0.717, 1.165) is 15.3 Å². The van der Waals surface area contributed by atoms with Crippen LogP contribution in [-0.2, 0) is 0 Å². The monoisotopic (exact) mass is 270 g/mol. The minimum Gasteiger partial charge on any atom is -0.478 e. The first kappa shape index (κ1) is 11.7. The third-order valence-electron chi connectivity index (χ3n) is 2.79. The van der Waals surface area contributed by atoms with E-state index in [2.05, 4.69) is 4.98 Å². The van der Waals surface area contributed by atoms with Crippen molar-refractivity contribution in [2.24, 2.45) is 0 Å². The highest BCUT2D eigenvalue weighted by atomic mass is 32.1. The number of thiazole rings is 1. The van der Waals surface area contributed by atoms with Crippen molar-refractivity contribution in [3.8, 4) is 10.6 Å². The number of aromatic carboxylic acids is 1. The Hall–Kier alpha value is -2.40. The van der Waals surface area contributed by atoms with Crippen LogP contribution in [0.1, 0.15) is 10.4 Å². The molecule has 1 aromatic heterocycles. The van der Waals surface area contributed by atoms with Crippen molar-refractivity contribution in [3.63, 3.8) is 0 Å². The predicted octanol–water partition coefficient (Wildman–Crippen LogP) is 3.24. The molecule has 0 aliphatic rings. The van der Waals surface area contributed by atoms with Crippen LogP contribution < -0.4 is 5.73 Å². The van der Waals surface area contributed by atoms with Gasteiger partial charge in [0.25, 0.3) is 0 Å². The van der Waals surface area contributed by atoms with E-state index in [-0.39, 0.29) is 5.56 Å². The van der Waals surface area contributed by atoms with Gasteiger partial charge in [-0.3, -0.25) is 0 Å². The van der Waals surface area contributed by atoms with Crippen LogP contribution in [0.5, 0.6) is 0 Å². The zero-order valence-electron chi connectivity index (χ0n) is 9.83. The molecule has 3 rings (SSSR count). The molecule has 0 saturated heterocycles. The summed E-state index contributed by atoms with van der Waals surface area (Å²) in [7, 11) is 0. The van der Waals surface area contributed by atoms with Gasteiger partial charge in [0.2, 0.25) is 0 Å². The number of carbonyl (C=O) groups is 1. The van der Waals surface area contributed by atoms with Gasteiger partial charge in [-0.1, -0.05) is 0 Å². The molecule has 19 heavy (non-hydrogen) atoms. The Labute approximate surface area is 113 Å². The van der Waals surface area contributed by atoms with Gasteiger partial charge in [-0.05, 0) is 42.5 Å². The summed E-state index contributed by atoms with van der Waals surface area (Å²) in [6, 6.07) is 12.4. The Morgan fingerprint density at radius 2 is 1.89 bits per heavy atom. The molecule has 3 N–H and O–H groups in total. The fourth-order valence-electron chi connectivity index (χ4n) is 1.81. The molecule has 0 bridgehead atoms. The molecule has 0 aliphatic carbocycles. The van der Waals surface area contributed by atoms with Crippen LogP contribution in [0.4, 0.5) is 5.69 Å². The second-order valence-electron chi connectivity index (χ2n) is 4.13. The van der Waals surface area contributed by atoms with Gasteiger partial charge in [0.1, 0.15) is 5.01 Å². The average molecular weight is 270 g/mol. The number of fused-ring (bicyclic) bond motifs is 1. The van der Waals surface area contributed by atoms with Crippen LogP contribution >= 0.6 is 11.3 Å². The van der Waals surface area contributed by atoms with E-state index in [9.17, 15) is 4.79 Å². The lowest BCUT2D eigenvalue weighted by Crippen LogP contribution is -1.94. The second-order valence-corrected chi connectivity index (χ2v) is 5.16. The molecule has 0 spiro atoms. The average Bonchev–Trinajstić information content (AvgIpc) is 2.82. The van der Waals surface area contributed by atoms with Crippen molar-refractivity contribution in [2.75, 3.05) is 5.73 Å². The largest absolute Gasteiger partial charge is 0.478 e. The zero-order chi connectivity index (χ0) is 13.4. The number of nitrogens with zero attached hydrogens (tertiary/aromatic N) is 1. The van der Waals surface area contributed by atoms with E-state index in [1.54, 1.807) is 18.2 Å². The quantitative estimate of drug-likeness (QED) is 0.701. The molecule has 94 valence electrons. The van der Waals surface area contributed by atoms with Crippen LogP contribution in [0.3, 0.4) is 0 Å². The Kier molecular flexibility index (Phi) is 2.68. The molecule has 0 unspecified atom stereocenters. The molecule has 4 nitrogen and oxygen atoms in total. The van der Waals surface area contributed by atoms with Crippen LogP contribution in [0.25, 0.3) is 20.8 Å². The van der Waals surface area contributed by atoms with Gasteiger partial charge < -0.3 is 10.8 Å². The number of hydrogen-bond acceptors (Lipinski definition) is 4. The molecule has 1 heterocycles. The maximum Gasteiger partial charge on any atom is 0.335 e. The number of nitrogen functional groups attached to an aromatic ring is 1. The number of carboxylic acid groups (broad SMARTS) is 1. The molecular weight excluding hydrogens is 260 g/mol. The lowest BCUT2D eigenvalue weighted by Gasteiger charge is -1.95. The normalized spacial score (nSPS) is 10.7. The molecule has 0 atom stereocenters. The van der Waals surface area contributed by atoms with Gasteiger partial charge in [0.05, 0.1) is 15.8 Å². The van der Waals surface area contributed by atoms with Gasteiger partial charge in [0.15, 0.2) is 0 Å². The standard InChI is InChI=1S/C14H10N2O2S/c15-10-4-1-8(2-5-10)13-16-11-7-9(14(17)18)3-6-12(11)19-13/h1-7H,15H2,(H,17,18). The van der Waals surface area contributed by atoms with Gasteiger partial charge in [-0.15, -0.1) is 11.3 Å². The highest BCUT2D eigenvalue weighted by Gasteiger charge is 2.09. The van der Waals surface area contributed by atoms with Crippen molar-refractivity contribution >= 4 is 33.2 Å². The van der Waals surface area contributed by atoms with E-state index < -0.39 is 5.97 Å².